The molecule has 0 fully saturated rings. The predicted octanol–water partition coefficient (Wildman–Crippen LogP) is 4.09. The first-order valence-corrected chi connectivity index (χ1v) is 7.75. The minimum atomic E-state index is -1.24. The molecule has 6 heteroatoms. The molecular weight excluding hydrogens is 373 g/mol. The maximum atomic E-state index is 13.8. The van der Waals surface area contributed by atoms with Crippen molar-refractivity contribution in [3.8, 4) is 0 Å². The number of nitrogens with one attached hydrogen (secondary N) is 1. The lowest BCUT2D eigenvalue weighted by Crippen LogP contribution is -2.37. The van der Waals surface area contributed by atoms with Crippen LogP contribution in [-0.2, 0) is 0 Å². The summed E-state index contributed by atoms with van der Waals surface area (Å²) in [5.74, 6) is -0.962. The van der Waals surface area contributed by atoms with Crippen LogP contribution in [-0.4, -0.2) is 17.1 Å². The zero-order chi connectivity index (χ0) is 16.3. The molecule has 2 atom stereocenters. The highest BCUT2D eigenvalue weighted by Gasteiger charge is 2.24. The SMILES string of the molecule is C[C@@H](NC(=O)c1ccc(Br)cc1)[C@@H](O)c1c(F)cccc1Cl. The van der Waals surface area contributed by atoms with Crippen molar-refractivity contribution in [2.45, 2.75) is 19.1 Å². The molecule has 0 saturated heterocycles. The largest absolute Gasteiger partial charge is 0.386 e. The molecule has 0 aliphatic rings. The van der Waals surface area contributed by atoms with E-state index in [1.54, 1.807) is 31.2 Å². The molecule has 2 rings (SSSR count). The molecule has 0 radical (unpaired) electrons. The molecule has 0 saturated carbocycles. The van der Waals surface area contributed by atoms with Crippen molar-refractivity contribution in [3.63, 3.8) is 0 Å². The van der Waals surface area contributed by atoms with Crippen LogP contribution in [0.5, 0.6) is 0 Å². The van der Waals surface area contributed by atoms with Crippen LogP contribution in [0, 0.1) is 5.82 Å². The summed E-state index contributed by atoms with van der Waals surface area (Å²) in [6, 6.07) is 10.2. The van der Waals surface area contributed by atoms with Crippen LogP contribution in [0.15, 0.2) is 46.9 Å². The molecule has 0 bridgehead atoms. The average Bonchev–Trinajstić information content (AvgIpc) is 2.47. The first kappa shape index (κ1) is 16.9. The lowest BCUT2D eigenvalue weighted by Gasteiger charge is -2.22. The Morgan fingerprint density at radius 2 is 1.91 bits per heavy atom. The van der Waals surface area contributed by atoms with E-state index in [0.29, 0.717) is 5.56 Å². The number of carbonyl (C=O) groups excluding carboxylic acids is 1. The molecule has 0 spiro atoms. The summed E-state index contributed by atoms with van der Waals surface area (Å²) in [6.45, 7) is 1.59. The molecule has 2 aromatic rings. The third-order valence-electron chi connectivity index (χ3n) is 3.23. The Morgan fingerprint density at radius 1 is 1.27 bits per heavy atom. The smallest absolute Gasteiger partial charge is 0.251 e. The molecule has 1 amide bonds. The van der Waals surface area contributed by atoms with E-state index < -0.39 is 18.0 Å². The van der Waals surface area contributed by atoms with Gasteiger partial charge >= 0.3 is 0 Å². The first-order chi connectivity index (χ1) is 10.4. The van der Waals surface area contributed by atoms with Gasteiger partial charge in [-0.15, -0.1) is 0 Å². The maximum Gasteiger partial charge on any atom is 0.251 e. The van der Waals surface area contributed by atoms with Gasteiger partial charge < -0.3 is 10.4 Å². The third kappa shape index (κ3) is 3.85. The van der Waals surface area contributed by atoms with E-state index in [1.165, 1.54) is 18.2 Å². The number of amides is 1. The summed E-state index contributed by atoms with van der Waals surface area (Å²) in [7, 11) is 0. The van der Waals surface area contributed by atoms with Crippen molar-refractivity contribution >= 4 is 33.4 Å². The topological polar surface area (TPSA) is 49.3 Å². The van der Waals surface area contributed by atoms with Gasteiger partial charge in [-0.1, -0.05) is 33.6 Å². The molecule has 0 aliphatic heterocycles. The lowest BCUT2D eigenvalue weighted by molar-refractivity contribution is 0.0846. The second kappa shape index (κ2) is 7.22. The normalized spacial score (nSPS) is 13.5. The van der Waals surface area contributed by atoms with Crippen molar-refractivity contribution in [3.05, 3.63) is 68.9 Å². The third-order valence-corrected chi connectivity index (χ3v) is 4.09. The monoisotopic (exact) mass is 385 g/mol. The van der Waals surface area contributed by atoms with E-state index in [-0.39, 0.29) is 16.5 Å². The Hall–Kier alpha value is -1.43. The number of aliphatic hydroxyl groups is 1. The Kier molecular flexibility index (Phi) is 5.56. The summed E-state index contributed by atoms with van der Waals surface area (Å²) >= 11 is 9.21. The zero-order valence-corrected chi connectivity index (χ0v) is 14.0. The Balaban J connectivity index is 2.13. The van der Waals surface area contributed by atoms with Crippen LogP contribution in [0.2, 0.25) is 5.02 Å². The summed E-state index contributed by atoms with van der Waals surface area (Å²) in [4.78, 5) is 12.1. The quantitative estimate of drug-likeness (QED) is 0.831. The molecule has 116 valence electrons. The summed E-state index contributed by atoms with van der Waals surface area (Å²) in [5, 5.41) is 13.0. The molecule has 2 N–H and O–H groups in total. The van der Waals surface area contributed by atoms with E-state index in [2.05, 4.69) is 21.2 Å². The van der Waals surface area contributed by atoms with Crippen LogP contribution < -0.4 is 5.32 Å². The number of aliphatic hydroxyl groups excluding tert-OH is 1. The molecule has 0 heterocycles. The standard InChI is InChI=1S/C16H14BrClFNO2/c1-9(15(21)14-12(18)3-2-4-13(14)19)20-16(22)10-5-7-11(17)8-6-10/h2-9,15,21H,1H3,(H,20,22)/t9-,15-/m1/s1. The fourth-order valence-corrected chi connectivity index (χ4v) is 2.55. The predicted molar refractivity (Wildman–Crippen MR) is 87.4 cm³/mol. The molecule has 0 aliphatic carbocycles. The Morgan fingerprint density at radius 3 is 2.50 bits per heavy atom. The van der Waals surface area contributed by atoms with E-state index in [4.69, 9.17) is 11.6 Å². The summed E-state index contributed by atoms with van der Waals surface area (Å²) in [6.07, 6.45) is -1.24. The number of carbonyl (C=O) groups is 1. The van der Waals surface area contributed by atoms with Crippen molar-refractivity contribution < 1.29 is 14.3 Å². The fourth-order valence-electron chi connectivity index (χ4n) is 2.01. The Labute approximate surface area is 141 Å². The van der Waals surface area contributed by atoms with Gasteiger partial charge in [0.05, 0.1) is 6.04 Å². The van der Waals surface area contributed by atoms with Gasteiger partial charge in [0.25, 0.3) is 5.91 Å². The first-order valence-electron chi connectivity index (χ1n) is 6.58. The highest BCUT2D eigenvalue weighted by atomic mass is 79.9. The molecule has 22 heavy (non-hydrogen) atoms. The van der Waals surface area contributed by atoms with Gasteiger partial charge in [-0.2, -0.15) is 0 Å². The number of rotatable bonds is 4. The van der Waals surface area contributed by atoms with Gasteiger partial charge in [0, 0.05) is 20.6 Å². The summed E-state index contributed by atoms with van der Waals surface area (Å²) in [5.41, 5.74) is 0.426. The average molecular weight is 387 g/mol. The van der Waals surface area contributed by atoms with Crippen molar-refractivity contribution in [2.24, 2.45) is 0 Å². The molecule has 0 aromatic heterocycles. The van der Waals surface area contributed by atoms with Crippen molar-refractivity contribution in [2.75, 3.05) is 0 Å². The molecular formula is C16H14BrClFNO2. The maximum absolute atomic E-state index is 13.8. The van der Waals surface area contributed by atoms with Gasteiger partial charge in [-0.3, -0.25) is 4.79 Å². The van der Waals surface area contributed by atoms with Crippen LogP contribution in [0.4, 0.5) is 4.39 Å². The van der Waals surface area contributed by atoms with E-state index >= 15 is 0 Å². The highest BCUT2D eigenvalue weighted by molar-refractivity contribution is 9.10. The van der Waals surface area contributed by atoms with Crippen LogP contribution >= 0.6 is 27.5 Å². The number of hydrogen-bond acceptors (Lipinski definition) is 2. The summed E-state index contributed by atoms with van der Waals surface area (Å²) < 4.78 is 14.7. The van der Waals surface area contributed by atoms with Gasteiger partial charge in [0.1, 0.15) is 11.9 Å². The van der Waals surface area contributed by atoms with Crippen LogP contribution in [0.1, 0.15) is 28.9 Å². The highest BCUT2D eigenvalue weighted by Crippen LogP contribution is 2.28. The lowest BCUT2D eigenvalue weighted by atomic mass is 10.0. The number of benzene rings is 2. The van der Waals surface area contributed by atoms with Gasteiger partial charge in [0.2, 0.25) is 0 Å². The van der Waals surface area contributed by atoms with E-state index in [0.717, 1.165) is 4.47 Å². The molecule has 0 unspecified atom stereocenters. The van der Waals surface area contributed by atoms with Crippen LogP contribution in [0.3, 0.4) is 0 Å². The fraction of sp³-hybridized carbons (Fsp3) is 0.188. The second-order valence-electron chi connectivity index (χ2n) is 4.85. The van der Waals surface area contributed by atoms with E-state index in [9.17, 15) is 14.3 Å². The van der Waals surface area contributed by atoms with Crippen LogP contribution in [0.25, 0.3) is 0 Å². The molecule has 3 nitrogen and oxygen atoms in total. The Bertz CT molecular complexity index is 658. The second-order valence-corrected chi connectivity index (χ2v) is 6.17. The van der Waals surface area contributed by atoms with Crippen molar-refractivity contribution in [1.82, 2.24) is 5.32 Å². The van der Waals surface area contributed by atoms with Gasteiger partial charge in [-0.25, -0.2) is 4.39 Å². The van der Waals surface area contributed by atoms with Crippen molar-refractivity contribution in [1.29, 1.82) is 0 Å². The zero-order valence-electron chi connectivity index (χ0n) is 11.7. The number of hydrogen-bond donors (Lipinski definition) is 2. The van der Waals surface area contributed by atoms with Gasteiger partial charge in [0.15, 0.2) is 0 Å². The van der Waals surface area contributed by atoms with Gasteiger partial charge in [-0.05, 0) is 43.3 Å². The number of halogens is 3. The minimum absolute atomic E-state index is 0.0206. The molecule has 2 aromatic carbocycles. The van der Waals surface area contributed by atoms with E-state index in [1.807, 2.05) is 0 Å². The minimum Gasteiger partial charge on any atom is -0.386 e.